The van der Waals surface area contributed by atoms with E-state index in [1.807, 2.05) is 53.1 Å². The van der Waals surface area contributed by atoms with Gasteiger partial charge in [-0.15, -0.1) is 0 Å². The maximum atomic E-state index is 13.9. The molecule has 0 amide bonds. The number of halogens is 2. The van der Waals surface area contributed by atoms with Crippen LogP contribution in [0.5, 0.6) is 0 Å². The lowest BCUT2D eigenvalue weighted by Crippen LogP contribution is -1.99. The van der Waals surface area contributed by atoms with Gasteiger partial charge in [0.1, 0.15) is 11.6 Å². The van der Waals surface area contributed by atoms with Gasteiger partial charge in [-0.05, 0) is 42.5 Å². The van der Waals surface area contributed by atoms with E-state index >= 15 is 0 Å². The Morgan fingerprint density at radius 3 is 2.33 bits per heavy atom. The molecule has 0 aliphatic heterocycles. The third-order valence-electron chi connectivity index (χ3n) is 4.32. The van der Waals surface area contributed by atoms with Crippen LogP contribution in [-0.4, -0.2) is 19.5 Å². The van der Waals surface area contributed by atoms with Gasteiger partial charge in [0, 0.05) is 10.6 Å². The van der Waals surface area contributed by atoms with Gasteiger partial charge < -0.3 is 0 Å². The highest BCUT2D eigenvalue weighted by Gasteiger charge is 2.18. The molecule has 130 valence electrons. The van der Waals surface area contributed by atoms with Crippen molar-refractivity contribution in [1.29, 1.82) is 0 Å². The maximum Gasteiger partial charge on any atom is 0.199 e. The van der Waals surface area contributed by atoms with Crippen molar-refractivity contribution in [3.8, 4) is 17.1 Å². The number of hydrogen-bond donors (Lipinski definition) is 0. The molecule has 0 N–H and O–H groups in total. The molecule has 0 spiro atoms. The molecule has 0 unspecified atom stereocenters. The lowest BCUT2D eigenvalue weighted by Gasteiger charge is -2.09. The minimum atomic E-state index is -0.333. The zero-order valence-corrected chi connectivity index (χ0v) is 14.7. The smallest absolute Gasteiger partial charge is 0.199 e. The second kappa shape index (κ2) is 6.14. The lowest BCUT2D eigenvalue weighted by molar-refractivity contribution is 0.627. The fourth-order valence-electron chi connectivity index (χ4n) is 3.14. The molecule has 0 fully saturated rings. The van der Waals surface area contributed by atoms with Crippen LogP contribution in [0.3, 0.4) is 0 Å². The van der Waals surface area contributed by atoms with Crippen LogP contribution in [0.15, 0.2) is 72.8 Å². The van der Waals surface area contributed by atoms with E-state index in [1.165, 1.54) is 12.1 Å². The quantitative estimate of drug-likeness (QED) is 0.414. The Hall–Kier alpha value is -3.31. The van der Waals surface area contributed by atoms with Crippen molar-refractivity contribution in [2.24, 2.45) is 0 Å². The Morgan fingerprint density at radius 1 is 0.778 bits per heavy atom. The topological polar surface area (TPSA) is 43.6 Å². The van der Waals surface area contributed by atoms with E-state index in [4.69, 9.17) is 16.6 Å². The molecule has 2 aromatic heterocycles. The first-order valence-electron chi connectivity index (χ1n) is 8.36. The Labute approximate surface area is 158 Å². The Kier molecular flexibility index (Phi) is 3.62. The molecule has 0 aliphatic rings. The number of rotatable bonds is 2. The third-order valence-corrected chi connectivity index (χ3v) is 4.55. The molecule has 0 aliphatic carbocycles. The van der Waals surface area contributed by atoms with Gasteiger partial charge in [-0.25, -0.2) is 19.3 Å². The molecular weight excluding hydrogens is 363 g/mol. The van der Waals surface area contributed by atoms with Crippen molar-refractivity contribution in [3.05, 3.63) is 83.6 Å². The van der Waals surface area contributed by atoms with E-state index in [0.717, 1.165) is 16.6 Å². The van der Waals surface area contributed by atoms with E-state index in [2.05, 4.69) is 9.97 Å². The van der Waals surface area contributed by atoms with Gasteiger partial charge in [-0.1, -0.05) is 41.9 Å². The van der Waals surface area contributed by atoms with Gasteiger partial charge in [0.2, 0.25) is 0 Å². The van der Waals surface area contributed by atoms with Crippen LogP contribution in [0.2, 0.25) is 5.02 Å². The molecule has 5 rings (SSSR count). The fraction of sp³-hybridized carbons (Fsp3) is 0. The van der Waals surface area contributed by atoms with E-state index in [-0.39, 0.29) is 5.82 Å². The molecule has 0 bridgehead atoms. The van der Waals surface area contributed by atoms with Crippen molar-refractivity contribution in [2.45, 2.75) is 0 Å². The molecule has 5 aromatic rings. The molecule has 0 radical (unpaired) electrons. The molecule has 6 heteroatoms. The number of fused-ring (bicyclic) bond motifs is 2. The van der Waals surface area contributed by atoms with Gasteiger partial charge in [0.25, 0.3) is 0 Å². The second-order valence-corrected chi connectivity index (χ2v) is 6.56. The van der Waals surface area contributed by atoms with E-state index < -0.39 is 0 Å². The zero-order valence-electron chi connectivity index (χ0n) is 14.0. The number of nitrogens with zero attached hydrogens (tertiary/aromatic N) is 4. The van der Waals surface area contributed by atoms with E-state index in [9.17, 15) is 4.39 Å². The SMILES string of the molecule is Fc1cccc(-n2c(-c3cccc(Cl)c3)nc3nc4ccccc4nc32)c1. The Bertz CT molecular complexity index is 1310. The summed E-state index contributed by atoms with van der Waals surface area (Å²) in [7, 11) is 0. The van der Waals surface area contributed by atoms with Gasteiger partial charge in [0.05, 0.1) is 16.7 Å². The first-order valence-corrected chi connectivity index (χ1v) is 8.74. The molecule has 0 saturated heterocycles. The van der Waals surface area contributed by atoms with Gasteiger partial charge >= 0.3 is 0 Å². The van der Waals surface area contributed by atoms with Crippen molar-refractivity contribution in [2.75, 3.05) is 0 Å². The average molecular weight is 375 g/mol. The van der Waals surface area contributed by atoms with Crippen molar-refractivity contribution < 1.29 is 4.39 Å². The van der Waals surface area contributed by atoms with E-state index in [0.29, 0.717) is 27.8 Å². The molecule has 4 nitrogen and oxygen atoms in total. The summed E-state index contributed by atoms with van der Waals surface area (Å²) in [5.41, 5.74) is 3.99. The molecule has 2 heterocycles. The summed E-state index contributed by atoms with van der Waals surface area (Å²) in [6.07, 6.45) is 0. The molecule has 0 saturated carbocycles. The largest absolute Gasteiger partial charge is 0.275 e. The summed E-state index contributed by atoms with van der Waals surface area (Å²) in [4.78, 5) is 14.1. The number of aromatic nitrogens is 4. The average Bonchev–Trinajstić information content (AvgIpc) is 3.04. The zero-order chi connectivity index (χ0) is 18.4. The maximum absolute atomic E-state index is 13.9. The number of benzene rings is 3. The highest BCUT2D eigenvalue weighted by molar-refractivity contribution is 6.30. The fourth-order valence-corrected chi connectivity index (χ4v) is 3.33. The first-order chi connectivity index (χ1) is 13.2. The lowest BCUT2D eigenvalue weighted by atomic mass is 10.2. The Morgan fingerprint density at radius 2 is 1.56 bits per heavy atom. The van der Waals surface area contributed by atoms with Crippen molar-refractivity contribution in [1.82, 2.24) is 19.5 Å². The van der Waals surface area contributed by atoms with Crippen LogP contribution >= 0.6 is 11.6 Å². The number of para-hydroxylation sites is 2. The van der Waals surface area contributed by atoms with Gasteiger partial charge in [-0.2, -0.15) is 0 Å². The Balaban J connectivity index is 1.90. The van der Waals surface area contributed by atoms with Crippen molar-refractivity contribution in [3.63, 3.8) is 0 Å². The van der Waals surface area contributed by atoms with E-state index in [1.54, 1.807) is 12.1 Å². The van der Waals surface area contributed by atoms with Crippen LogP contribution < -0.4 is 0 Å². The standard InChI is InChI=1S/C21H12ClFN4/c22-14-6-3-5-13(11-14)20-26-19-21(25-18-10-2-1-9-17(18)24-19)27(20)16-8-4-7-15(23)12-16/h1-12H. The minimum Gasteiger partial charge on any atom is -0.275 e. The van der Waals surface area contributed by atoms with Crippen LogP contribution in [0, 0.1) is 5.82 Å². The number of imidazole rings is 1. The van der Waals surface area contributed by atoms with Gasteiger partial charge in [0.15, 0.2) is 11.3 Å². The molecule has 3 aromatic carbocycles. The summed E-state index contributed by atoms with van der Waals surface area (Å²) in [5.74, 6) is 0.272. The summed E-state index contributed by atoms with van der Waals surface area (Å²) in [6.45, 7) is 0. The summed E-state index contributed by atoms with van der Waals surface area (Å²) >= 11 is 6.17. The molecule has 0 atom stereocenters. The molecular formula is C21H12ClFN4. The normalized spacial score (nSPS) is 11.3. The van der Waals surface area contributed by atoms with Crippen LogP contribution in [-0.2, 0) is 0 Å². The first kappa shape index (κ1) is 15.9. The summed E-state index contributed by atoms with van der Waals surface area (Å²) in [5, 5.41) is 0.594. The monoisotopic (exact) mass is 374 g/mol. The highest BCUT2D eigenvalue weighted by Crippen LogP contribution is 2.29. The number of hydrogen-bond acceptors (Lipinski definition) is 3. The van der Waals surface area contributed by atoms with Crippen LogP contribution in [0.25, 0.3) is 39.4 Å². The minimum absolute atomic E-state index is 0.333. The van der Waals surface area contributed by atoms with Crippen molar-refractivity contribution >= 4 is 33.9 Å². The van der Waals surface area contributed by atoms with Crippen LogP contribution in [0.1, 0.15) is 0 Å². The second-order valence-electron chi connectivity index (χ2n) is 6.12. The predicted molar refractivity (Wildman–Crippen MR) is 105 cm³/mol. The third kappa shape index (κ3) is 2.73. The summed E-state index contributed by atoms with van der Waals surface area (Å²) in [6, 6.07) is 21.3. The predicted octanol–water partition coefficient (Wildman–Crippen LogP) is 5.43. The summed E-state index contributed by atoms with van der Waals surface area (Å²) < 4.78 is 15.7. The van der Waals surface area contributed by atoms with Gasteiger partial charge in [-0.3, -0.25) is 4.57 Å². The molecule has 27 heavy (non-hydrogen) atoms. The highest BCUT2D eigenvalue weighted by atomic mass is 35.5. The van der Waals surface area contributed by atoms with Crippen LogP contribution in [0.4, 0.5) is 4.39 Å².